The Hall–Kier alpha value is -2.12. The molecule has 0 heterocycles. The molecule has 0 aliphatic heterocycles. The maximum Gasteiger partial charge on any atom is 0.102 e. The lowest BCUT2D eigenvalue weighted by atomic mass is 10.0. The van der Waals surface area contributed by atoms with Crippen molar-refractivity contribution < 1.29 is 4.74 Å². The second-order valence-electron chi connectivity index (χ2n) is 12.6. The lowest BCUT2D eigenvalue weighted by molar-refractivity contribution is 0.0396. The van der Waals surface area contributed by atoms with E-state index in [9.17, 15) is 0 Å². The van der Waals surface area contributed by atoms with E-state index in [4.69, 9.17) is 4.74 Å². The summed E-state index contributed by atoms with van der Waals surface area (Å²) in [6.07, 6.45) is 39.1. The molecule has 0 amide bonds. The minimum Gasteiger partial charge on any atom is -0.357 e. The number of hydrogen-bond acceptors (Lipinski definition) is 1. The van der Waals surface area contributed by atoms with Gasteiger partial charge >= 0.3 is 0 Å². The predicted molar refractivity (Wildman–Crippen MR) is 191 cm³/mol. The van der Waals surface area contributed by atoms with Gasteiger partial charge in [0.2, 0.25) is 0 Å². The van der Waals surface area contributed by atoms with E-state index in [1.165, 1.54) is 140 Å². The third-order valence-corrected chi connectivity index (χ3v) is 8.62. The van der Waals surface area contributed by atoms with Crippen molar-refractivity contribution in [1.82, 2.24) is 0 Å². The second kappa shape index (κ2) is 27.4. The van der Waals surface area contributed by atoms with Crippen LogP contribution in [-0.2, 0) is 4.74 Å². The second-order valence-corrected chi connectivity index (χ2v) is 12.6. The van der Waals surface area contributed by atoms with Crippen LogP contribution >= 0.6 is 0 Å². The summed E-state index contributed by atoms with van der Waals surface area (Å²) < 4.78 is 6.85. The minimum absolute atomic E-state index is 0.0449. The van der Waals surface area contributed by atoms with Gasteiger partial charge in [0.25, 0.3) is 0 Å². The van der Waals surface area contributed by atoms with E-state index >= 15 is 0 Å². The van der Waals surface area contributed by atoms with Crippen molar-refractivity contribution in [2.75, 3.05) is 0 Å². The molecule has 0 bridgehead atoms. The fourth-order valence-electron chi connectivity index (χ4n) is 5.85. The average molecular weight is 587 g/mol. The van der Waals surface area contributed by atoms with Gasteiger partial charge in [-0.2, -0.15) is 0 Å². The summed E-state index contributed by atoms with van der Waals surface area (Å²) in [6, 6.07) is 21.5. The smallest absolute Gasteiger partial charge is 0.102 e. The molecule has 0 N–H and O–H groups in total. The van der Waals surface area contributed by atoms with Gasteiger partial charge in [0.15, 0.2) is 0 Å². The topological polar surface area (TPSA) is 9.23 Å². The third kappa shape index (κ3) is 19.7. The summed E-state index contributed by atoms with van der Waals surface area (Å²) in [5, 5.41) is 0. The normalized spacial score (nSPS) is 13.3. The largest absolute Gasteiger partial charge is 0.357 e. The lowest BCUT2D eigenvalue weighted by Crippen LogP contribution is -2.07. The van der Waals surface area contributed by atoms with Crippen LogP contribution in [-0.4, -0.2) is 0 Å². The molecule has 0 aliphatic rings. The molecule has 2 aromatic rings. The van der Waals surface area contributed by atoms with Crippen LogP contribution in [0.1, 0.15) is 178 Å². The first-order valence-electron chi connectivity index (χ1n) is 18.4. The summed E-state index contributed by atoms with van der Waals surface area (Å²) in [4.78, 5) is 0. The van der Waals surface area contributed by atoms with Gasteiger partial charge in [0.1, 0.15) is 12.2 Å². The van der Waals surface area contributed by atoms with Crippen LogP contribution in [0.3, 0.4) is 0 Å². The Morgan fingerprint density at radius 2 is 0.721 bits per heavy atom. The molecular weight excluding hydrogens is 520 g/mol. The summed E-state index contributed by atoms with van der Waals surface area (Å²) >= 11 is 0. The molecule has 2 aromatic carbocycles. The number of ether oxygens (including phenoxy) is 1. The van der Waals surface area contributed by atoms with Crippen molar-refractivity contribution in [1.29, 1.82) is 0 Å². The molecule has 2 rings (SSSR count). The van der Waals surface area contributed by atoms with E-state index in [1.807, 2.05) is 0 Å². The van der Waals surface area contributed by atoms with Crippen LogP contribution < -0.4 is 0 Å². The van der Waals surface area contributed by atoms with Gasteiger partial charge in [-0.15, -0.1) is 0 Å². The summed E-state index contributed by atoms with van der Waals surface area (Å²) in [5.41, 5.74) is 2.46. The molecular formula is C42H66O. The van der Waals surface area contributed by atoms with Crippen molar-refractivity contribution in [3.05, 3.63) is 96.1 Å². The zero-order valence-electron chi connectivity index (χ0n) is 28.2. The van der Waals surface area contributed by atoms with Gasteiger partial charge < -0.3 is 4.74 Å². The van der Waals surface area contributed by atoms with E-state index in [0.29, 0.717) is 0 Å². The minimum atomic E-state index is -0.0449. The van der Waals surface area contributed by atoms with Crippen molar-refractivity contribution in [2.24, 2.45) is 0 Å². The summed E-state index contributed by atoms with van der Waals surface area (Å²) in [7, 11) is 0. The van der Waals surface area contributed by atoms with E-state index in [-0.39, 0.29) is 12.2 Å². The number of unbranched alkanes of at least 4 members (excludes halogenated alkanes) is 20. The molecule has 1 nitrogen and oxygen atoms in total. The zero-order chi connectivity index (χ0) is 30.5. The molecule has 2 atom stereocenters. The SMILES string of the molecule is CCCCCCCCCCCCC=CC(OC(C=CCCCCCCCCCCCC)c1ccccc1)c1ccccc1. The van der Waals surface area contributed by atoms with E-state index < -0.39 is 0 Å². The van der Waals surface area contributed by atoms with Gasteiger partial charge in [0.05, 0.1) is 0 Å². The van der Waals surface area contributed by atoms with Crippen LogP contribution in [0.4, 0.5) is 0 Å². The first-order chi connectivity index (χ1) is 21.3. The van der Waals surface area contributed by atoms with Crippen LogP contribution in [0.25, 0.3) is 0 Å². The van der Waals surface area contributed by atoms with Crippen LogP contribution in [0.5, 0.6) is 0 Å². The maximum atomic E-state index is 6.85. The van der Waals surface area contributed by atoms with Crippen molar-refractivity contribution >= 4 is 0 Å². The van der Waals surface area contributed by atoms with Crippen molar-refractivity contribution in [3.63, 3.8) is 0 Å². The first-order valence-corrected chi connectivity index (χ1v) is 18.4. The highest BCUT2D eigenvalue weighted by Gasteiger charge is 2.16. The molecule has 43 heavy (non-hydrogen) atoms. The Balaban J connectivity index is 1.80. The molecule has 240 valence electrons. The van der Waals surface area contributed by atoms with Crippen LogP contribution in [0.2, 0.25) is 0 Å². The summed E-state index contributed by atoms with van der Waals surface area (Å²) in [6.45, 7) is 4.59. The van der Waals surface area contributed by atoms with Crippen LogP contribution in [0.15, 0.2) is 85.0 Å². The highest BCUT2D eigenvalue weighted by molar-refractivity contribution is 5.25. The van der Waals surface area contributed by atoms with E-state index in [0.717, 1.165) is 12.8 Å². The molecule has 0 radical (unpaired) electrons. The molecule has 0 saturated heterocycles. The molecule has 1 heteroatoms. The lowest BCUT2D eigenvalue weighted by Gasteiger charge is -2.22. The third-order valence-electron chi connectivity index (χ3n) is 8.62. The number of rotatable bonds is 28. The summed E-state index contributed by atoms with van der Waals surface area (Å²) in [5.74, 6) is 0. The Morgan fingerprint density at radius 3 is 1.05 bits per heavy atom. The first kappa shape index (κ1) is 37.1. The maximum absolute atomic E-state index is 6.85. The molecule has 0 fully saturated rings. The van der Waals surface area contributed by atoms with Crippen LogP contribution in [0, 0.1) is 0 Å². The number of hydrogen-bond donors (Lipinski definition) is 0. The zero-order valence-corrected chi connectivity index (χ0v) is 28.2. The van der Waals surface area contributed by atoms with E-state index in [2.05, 4.69) is 98.8 Å². The molecule has 0 aromatic heterocycles. The van der Waals surface area contributed by atoms with Gasteiger partial charge in [-0.1, -0.05) is 214 Å². The Labute approximate surface area is 267 Å². The van der Waals surface area contributed by atoms with Gasteiger partial charge in [-0.05, 0) is 36.8 Å². The van der Waals surface area contributed by atoms with Gasteiger partial charge in [-0.25, -0.2) is 0 Å². The van der Waals surface area contributed by atoms with Gasteiger partial charge in [0, 0.05) is 0 Å². The average Bonchev–Trinajstić information content (AvgIpc) is 3.05. The Kier molecular flexibility index (Phi) is 23.6. The van der Waals surface area contributed by atoms with Crippen molar-refractivity contribution in [3.8, 4) is 0 Å². The molecule has 0 saturated carbocycles. The number of benzene rings is 2. The fraction of sp³-hybridized carbons (Fsp3) is 0.619. The molecule has 2 unspecified atom stereocenters. The highest BCUT2D eigenvalue weighted by atomic mass is 16.5. The van der Waals surface area contributed by atoms with E-state index in [1.54, 1.807) is 0 Å². The standard InChI is InChI=1S/C42H66O/c1-3-5-7-9-11-13-15-17-19-21-23-31-37-41(39-33-27-25-28-34-39)43-42(40-35-29-26-30-36-40)38-32-24-22-20-18-16-14-12-10-8-6-4-2/h25-38,41-42H,3-24H2,1-2H3. The van der Waals surface area contributed by atoms with Gasteiger partial charge in [-0.3, -0.25) is 0 Å². The highest BCUT2D eigenvalue weighted by Crippen LogP contribution is 2.29. The van der Waals surface area contributed by atoms with Crippen molar-refractivity contribution in [2.45, 2.75) is 167 Å². The molecule has 0 spiro atoms. The number of allylic oxidation sites excluding steroid dienone is 2. The Morgan fingerprint density at radius 1 is 0.419 bits per heavy atom. The fourth-order valence-corrected chi connectivity index (χ4v) is 5.85. The monoisotopic (exact) mass is 587 g/mol. The predicted octanol–water partition coefficient (Wildman–Crippen LogP) is 14.2. The quantitative estimate of drug-likeness (QED) is 0.0711. The Bertz CT molecular complexity index is 824. The molecule has 0 aliphatic carbocycles.